The second kappa shape index (κ2) is 16.0. The van der Waals surface area contributed by atoms with Crippen LogP contribution >= 0.6 is 0 Å². The van der Waals surface area contributed by atoms with Crippen LogP contribution in [0.25, 0.3) is 0 Å². The number of hydrogen-bond donors (Lipinski definition) is 8. The van der Waals surface area contributed by atoms with Crippen molar-refractivity contribution >= 4 is 0 Å². The maximum Gasteiger partial charge on any atom is 0.229 e. The molecule has 0 aromatic heterocycles. The molecule has 4 saturated heterocycles. The van der Waals surface area contributed by atoms with Gasteiger partial charge in [-0.15, -0.1) is 0 Å². The van der Waals surface area contributed by atoms with Gasteiger partial charge in [-0.3, -0.25) is 0 Å². The van der Waals surface area contributed by atoms with E-state index < -0.39 is 86.8 Å². The zero-order chi connectivity index (χ0) is 37.4. The van der Waals surface area contributed by atoms with Gasteiger partial charge in [-0.05, 0) is 35.4 Å². The molecule has 0 aliphatic carbocycles. The molecule has 4 fully saturated rings. The van der Waals surface area contributed by atoms with E-state index in [-0.39, 0.29) is 46.3 Å². The van der Waals surface area contributed by atoms with Crippen LogP contribution in [0.3, 0.4) is 0 Å². The fraction of sp³-hybridized carbons (Fsp3) is 0.647. The van der Waals surface area contributed by atoms with Gasteiger partial charge < -0.3 is 88.2 Å². The predicted molar refractivity (Wildman–Crippen MR) is 172 cm³/mol. The van der Waals surface area contributed by atoms with E-state index in [1.807, 2.05) is 0 Å². The third-order valence-electron chi connectivity index (χ3n) is 10.1. The van der Waals surface area contributed by atoms with E-state index in [0.29, 0.717) is 24.3 Å². The van der Waals surface area contributed by atoms with Crippen LogP contribution in [0.5, 0.6) is 34.5 Å². The molecule has 4 aliphatic rings. The molecule has 14 atom stereocenters. The molecule has 0 saturated carbocycles. The topological polar surface area (TPSA) is 254 Å². The van der Waals surface area contributed by atoms with Crippen molar-refractivity contribution < 1.29 is 88.2 Å². The third kappa shape index (κ3) is 6.94. The lowest BCUT2D eigenvalue weighted by molar-refractivity contribution is -0.277. The van der Waals surface area contributed by atoms with Crippen LogP contribution < -0.4 is 28.4 Å². The number of rotatable bonds is 12. The first-order valence-corrected chi connectivity index (χ1v) is 16.7. The fourth-order valence-electron chi connectivity index (χ4n) is 7.16. The van der Waals surface area contributed by atoms with Gasteiger partial charge in [0.2, 0.25) is 24.1 Å². The number of methoxy groups -OCH3 is 4. The van der Waals surface area contributed by atoms with Crippen molar-refractivity contribution in [3.05, 3.63) is 35.4 Å². The lowest BCUT2D eigenvalue weighted by atomic mass is 9.84. The number of aliphatic hydroxyl groups is 8. The Labute approximate surface area is 298 Å². The Morgan fingerprint density at radius 3 is 1.13 bits per heavy atom. The van der Waals surface area contributed by atoms with Gasteiger partial charge in [-0.25, -0.2) is 0 Å². The van der Waals surface area contributed by atoms with Crippen LogP contribution in [0, 0.1) is 11.8 Å². The summed E-state index contributed by atoms with van der Waals surface area (Å²) in [6.45, 7) is -0.604. The van der Waals surface area contributed by atoms with Gasteiger partial charge >= 0.3 is 0 Å². The molecule has 0 spiro atoms. The predicted octanol–water partition coefficient (Wildman–Crippen LogP) is -1.85. The first-order chi connectivity index (χ1) is 25.0. The van der Waals surface area contributed by atoms with Gasteiger partial charge in [0.05, 0.1) is 67.1 Å². The van der Waals surface area contributed by atoms with E-state index in [4.69, 9.17) is 47.4 Å². The minimum atomic E-state index is -1.65. The van der Waals surface area contributed by atoms with Crippen LogP contribution in [0.4, 0.5) is 0 Å². The third-order valence-corrected chi connectivity index (χ3v) is 10.1. The Morgan fingerprint density at radius 1 is 0.519 bits per heavy atom. The number of hydrogen-bond acceptors (Lipinski definition) is 18. The molecule has 2 aromatic carbocycles. The Bertz CT molecular complexity index is 1360. The van der Waals surface area contributed by atoms with Gasteiger partial charge in [0.25, 0.3) is 0 Å². The van der Waals surface area contributed by atoms with Crippen molar-refractivity contribution in [2.45, 2.75) is 73.6 Å². The highest BCUT2D eigenvalue weighted by Crippen LogP contribution is 2.54. The molecule has 8 N–H and O–H groups in total. The molecule has 6 rings (SSSR count). The zero-order valence-electron chi connectivity index (χ0n) is 28.9. The molecular weight excluding hydrogens is 696 g/mol. The SMILES string of the molecule is COc1cc([C@H]2OC[C@@H]3[C@H]2CO[C@@H]3c2cc(OC)c(O[C@@H]3O[C@H](CO)[C@@H](O)[C@H](O)[C@H]3O)c(OC)c2)cc(OC)c1O[C@H]1O[C@@H](CO)[C@H](O)[C@@H](O)[C@@H]1O. The van der Waals surface area contributed by atoms with Crippen molar-refractivity contribution in [2.24, 2.45) is 11.8 Å². The number of benzene rings is 2. The molecule has 4 aliphatic heterocycles. The maximum absolute atomic E-state index is 10.5. The lowest BCUT2D eigenvalue weighted by Crippen LogP contribution is -2.60. The molecule has 290 valence electrons. The standard InChI is InChI=1S/C34H46O18/c1-43-17-5-13(6-18(44-2)31(17)51-33-27(41)25(39)23(37)21(9-35)49-33)29-15-11-48-30(16(15)12-47-29)14-7-19(45-3)32(20(8-14)46-4)52-34-28(42)26(40)24(38)22(10-36)50-34/h5-8,15-16,21-30,33-42H,9-12H2,1-4H3/t15-,16-,21-,22+,23-,24+,25+,26-,27-,28+,29-,30-,33+,34-/m1/s1. The normalized spacial score (nSPS) is 37.3. The summed E-state index contributed by atoms with van der Waals surface area (Å²) >= 11 is 0. The summed E-state index contributed by atoms with van der Waals surface area (Å²) in [5, 5.41) is 81.0. The first kappa shape index (κ1) is 38.5. The van der Waals surface area contributed by atoms with Crippen LogP contribution in [0.1, 0.15) is 23.3 Å². The first-order valence-electron chi connectivity index (χ1n) is 16.7. The van der Waals surface area contributed by atoms with Crippen LogP contribution in [-0.2, 0) is 18.9 Å². The van der Waals surface area contributed by atoms with Crippen LogP contribution in [0.2, 0.25) is 0 Å². The fourth-order valence-corrected chi connectivity index (χ4v) is 7.16. The molecule has 0 amide bonds. The number of fused-ring (bicyclic) bond motifs is 1. The summed E-state index contributed by atoms with van der Waals surface area (Å²) in [5.74, 6) is 0.683. The highest BCUT2D eigenvalue weighted by molar-refractivity contribution is 5.56. The van der Waals surface area contributed by atoms with E-state index in [1.165, 1.54) is 28.4 Å². The van der Waals surface area contributed by atoms with Crippen LogP contribution in [-0.4, -0.2) is 157 Å². The molecule has 18 heteroatoms. The molecule has 4 heterocycles. The van der Waals surface area contributed by atoms with E-state index in [1.54, 1.807) is 24.3 Å². The van der Waals surface area contributed by atoms with E-state index in [0.717, 1.165) is 0 Å². The van der Waals surface area contributed by atoms with Gasteiger partial charge in [0, 0.05) is 11.8 Å². The quantitative estimate of drug-likeness (QED) is 0.119. The van der Waals surface area contributed by atoms with Crippen molar-refractivity contribution in [3.63, 3.8) is 0 Å². The molecular formula is C34H46O18. The van der Waals surface area contributed by atoms with Gasteiger partial charge in [-0.1, -0.05) is 0 Å². The number of aliphatic hydroxyl groups excluding tert-OH is 8. The van der Waals surface area contributed by atoms with Gasteiger partial charge in [0.15, 0.2) is 23.0 Å². The summed E-state index contributed by atoms with van der Waals surface area (Å²) in [6.07, 6.45) is -15.9. The zero-order valence-corrected chi connectivity index (χ0v) is 28.9. The smallest absolute Gasteiger partial charge is 0.229 e. The molecule has 0 unspecified atom stereocenters. The summed E-state index contributed by atoms with van der Waals surface area (Å²) in [4.78, 5) is 0. The molecule has 18 nitrogen and oxygen atoms in total. The summed E-state index contributed by atoms with van der Waals surface area (Å²) in [7, 11) is 5.66. The molecule has 0 radical (unpaired) electrons. The van der Waals surface area contributed by atoms with Crippen molar-refractivity contribution in [1.82, 2.24) is 0 Å². The van der Waals surface area contributed by atoms with Crippen molar-refractivity contribution in [3.8, 4) is 34.5 Å². The molecule has 52 heavy (non-hydrogen) atoms. The average Bonchev–Trinajstić information content (AvgIpc) is 3.78. The summed E-state index contributed by atoms with van der Waals surface area (Å²) in [5.41, 5.74) is 1.37. The van der Waals surface area contributed by atoms with E-state index in [9.17, 15) is 40.9 Å². The Kier molecular flexibility index (Phi) is 11.8. The maximum atomic E-state index is 10.5. The van der Waals surface area contributed by atoms with E-state index >= 15 is 0 Å². The molecule has 0 bridgehead atoms. The van der Waals surface area contributed by atoms with Gasteiger partial charge in [0.1, 0.15) is 48.8 Å². The highest BCUT2D eigenvalue weighted by Gasteiger charge is 2.50. The summed E-state index contributed by atoms with van der Waals surface area (Å²) in [6, 6.07) is 6.78. The van der Waals surface area contributed by atoms with E-state index in [2.05, 4.69) is 0 Å². The highest BCUT2D eigenvalue weighted by atomic mass is 16.7. The Morgan fingerprint density at radius 2 is 0.846 bits per heavy atom. The largest absolute Gasteiger partial charge is 0.493 e. The van der Waals surface area contributed by atoms with Crippen LogP contribution in [0.15, 0.2) is 24.3 Å². The average molecular weight is 743 g/mol. The Balaban J connectivity index is 1.22. The second-order valence-electron chi connectivity index (χ2n) is 13.0. The summed E-state index contributed by atoms with van der Waals surface area (Å²) < 4.78 is 58.0. The lowest BCUT2D eigenvalue weighted by Gasteiger charge is -2.39. The van der Waals surface area contributed by atoms with Crippen molar-refractivity contribution in [2.75, 3.05) is 54.9 Å². The molecule has 2 aromatic rings. The van der Waals surface area contributed by atoms with Crippen molar-refractivity contribution in [1.29, 1.82) is 0 Å². The number of ether oxygens (including phenoxy) is 10. The second-order valence-corrected chi connectivity index (χ2v) is 13.0. The van der Waals surface area contributed by atoms with Gasteiger partial charge in [-0.2, -0.15) is 0 Å². The minimum absolute atomic E-state index is 0.0541. The Hall–Kier alpha value is -3.24. The monoisotopic (exact) mass is 742 g/mol. The minimum Gasteiger partial charge on any atom is -0.493 e.